The topological polar surface area (TPSA) is 112 Å². The summed E-state index contributed by atoms with van der Waals surface area (Å²) in [6.45, 7) is 2.08. The maximum atomic E-state index is 13.5. The van der Waals surface area contributed by atoms with Gasteiger partial charge >= 0.3 is 5.97 Å². The van der Waals surface area contributed by atoms with Crippen LogP contribution in [0.15, 0.2) is 71.9 Å². The summed E-state index contributed by atoms with van der Waals surface area (Å²) in [7, 11) is -3.91. The van der Waals surface area contributed by atoms with Crippen molar-refractivity contribution < 1.29 is 18.3 Å². The zero-order chi connectivity index (χ0) is 25.1. The van der Waals surface area contributed by atoms with Crippen LogP contribution in [-0.2, 0) is 34.3 Å². The highest BCUT2D eigenvalue weighted by atomic mass is 32.2. The highest BCUT2D eigenvalue weighted by molar-refractivity contribution is 7.89. The molecule has 0 unspecified atom stereocenters. The molecule has 0 radical (unpaired) electrons. The third-order valence-corrected chi connectivity index (χ3v) is 7.19. The summed E-state index contributed by atoms with van der Waals surface area (Å²) in [6.07, 6.45) is 7.09. The first-order valence-electron chi connectivity index (χ1n) is 11.8. The van der Waals surface area contributed by atoms with Gasteiger partial charge in [-0.15, -0.1) is 0 Å². The number of rotatable bonds is 14. The molecule has 2 heterocycles. The molecule has 0 saturated carbocycles. The third-order valence-electron chi connectivity index (χ3n) is 5.48. The lowest BCUT2D eigenvalue weighted by atomic mass is 10.0. The standard InChI is InChI=1S/C26H32N4O4S/c1-2-3-4-5-10-21-11-8-12-22(17-21)19-30(35(33,34)25-15-6-7-16-27-25)20-23-13-9-14-24(29-23)28-18-26(31)32/h6-9,11-17H,2-5,10,18-20H2,1H3,(H,28,29)(H,31,32). The van der Waals surface area contributed by atoms with Crippen LogP contribution < -0.4 is 5.32 Å². The molecule has 1 aromatic carbocycles. The van der Waals surface area contributed by atoms with Gasteiger partial charge in [0.25, 0.3) is 10.0 Å². The first kappa shape index (κ1) is 26.3. The fraction of sp³-hybridized carbons (Fsp3) is 0.346. The number of carboxylic acid groups (broad SMARTS) is 1. The Balaban J connectivity index is 1.85. The van der Waals surface area contributed by atoms with E-state index in [2.05, 4.69) is 34.3 Å². The van der Waals surface area contributed by atoms with Gasteiger partial charge < -0.3 is 10.4 Å². The van der Waals surface area contributed by atoms with Gasteiger partial charge in [-0.05, 0) is 48.2 Å². The first-order chi connectivity index (χ1) is 16.9. The number of pyridine rings is 2. The van der Waals surface area contributed by atoms with E-state index < -0.39 is 16.0 Å². The summed E-state index contributed by atoms with van der Waals surface area (Å²) < 4.78 is 28.4. The number of aliphatic carboxylic acids is 1. The molecule has 3 rings (SSSR count). The number of carbonyl (C=O) groups is 1. The van der Waals surface area contributed by atoms with Crippen molar-refractivity contribution in [1.29, 1.82) is 0 Å². The molecule has 9 heteroatoms. The summed E-state index contributed by atoms with van der Waals surface area (Å²) >= 11 is 0. The second kappa shape index (κ2) is 13.0. The largest absolute Gasteiger partial charge is 0.480 e. The number of unbranched alkanes of at least 4 members (excludes halogenated alkanes) is 3. The monoisotopic (exact) mass is 496 g/mol. The normalized spacial score (nSPS) is 11.5. The van der Waals surface area contributed by atoms with Crippen LogP contribution in [0.5, 0.6) is 0 Å². The fourth-order valence-corrected chi connectivity index (χ4v) is 5.04. The summed E-state index contributed by atoms with van der Waals surface area (Å²) in [5, 5.41) is 11.6. The minimum Gasteiger partial charge on any atom is -0.480 e. The van der Waals surface area contributed by atoms with E-state index >= 15 is 0 Å². The number of benzene rings is 1. The fourth-order valence-electron chi connectivity index (χ4n) is 3.71. The van der Waals surface area contributed by atoms with E-state index in [1.807, 2.05) is 12.1 Å². The quantitative estimate of drug-likeness (QED) is 0.316. The van der Waals surface area contributed by atoms with Crippen LogP contribution in [0.3, 0.4) is 0 Å². The molecule has 0 aliphatic rings. The highest BCUT2D eigenvalue weighted by Crippen LogP contribution is 2.21. The number of carboxylic acids is 1. The predicted octanol–water partition coefficient (Wildman–Crippen LogP) is 4.49. The first-order valence-corrected chi connectivity index (χ1v) is 13.2. The number of hydrogen-bond donors (Lipinski definition) is 2. The van der Waals surface area contributed by atoms with E-state index in [0.717, 1.165) is 18.4 Å². The van der Waals surface area contributed by atoms with Crippen molar-refractivity contribution in [2.45, 2.75) is 57.1 Å². The molecule has 35 heavy (non-hydrogen) atoms. The Morgan fingerprint density at radius 3 is 2.51 bits per heavy atom. The van der Waals surface area contributed by atoms with Gasteiger partial charge in [-0.2, -0.15) is 4.31 Å². The van der Waals surface area contributed by atoms with Gasteiger partial charge in [0.05, 0.1) is 12.2 Å². The Labute approximate surface area is 207 Å². The Hall–Kier alpha value is -3.30. The summed E-state index contributed by atoms with van der Waals surface area (Å²) in [5.74, 6) is -0.639. The number of nitrogens with one attached hydrogen (secondary N) is 1. The van der Waals surface area contributed by atoms with E-state index in [-0.39, 0.29) is 24.7 Å². The summed E-state index contributed by atoms with van der Waals surface area (Å²) in [5.41, 5.74) is 2.57. The Bertz CT molecular complexity index is 1200. The molecule has 0 spiro atoms. The second-order valence-electron chi connectivity index (χ2n) is 8.33. The zero-order valence-corrected chi connectivity index (χ0v) is 20.7. The van der Waals surface area contributed by atoms with Crippen molar-refractivity contribution in [3.63, 3.8) is 0 Å². The van der Waals surface area contributed by atoms with Crippen LogP contribution >= 0.6 is 0 Å². The van der Waals surface area contributed by atoms with Crippen LogP contribution in [0.1, 0.15) is 49.4 Å². The number of aromatic nitrogens is 2. The SMILES string of the molecule is CCCCCCc1cccc(CN(Cc2cccc(NCC(=O)O)n2)S(=O)(=O)c2ccccn2)c1. The third kappa shape index (κ3) is 8.15. The van der Waals surface area contributed by atoms with Crippen molar-refractivity contribution in [3.8, 4) is 0 Å². The molecule has 0 amide bonds. The van der Waals surface area contributed by atoms with E-state index in [4.69, 9.17) is 5.11 Å². The molecule has 0 saturated heterocycles. The maximum absolute atomic E-state index is 13.5. The van der Waals surface area contributed by atoms with Crippen LogP contribution in [0.4, 0.5) is 5.82 Å². The van der Waals surface area contributed by atoms with Crippen molar-refractivity contribution >= 4 is 21.8 Å². The maximum Gasteiger partial charge on any atom is 0.322 e. The van der Waals surface area contributed by atoms with E-state index in [0.29, 0.717) is 11.5 Å². The van der Waals surface area contributed by atoms with Gasteiger partial charge in [-0.25, -0.2) is 18.4 Å². The predicted molar refractivity (Wildman–Crippen MR) is 135 cm³/mol. The smallest absolute Gasteiger partial charge is 0.322 e. The molecule has 0 aliphatic heterocycles. The lowest BCUT2D eigenvalue weighted by molar-refractivity contribution is -0.134. The minimum absolute atomic E-state index is 0.0161. The van der Waals surface area contributed by atoms with Crippen molar-refractivity contribution in [1.82, 2.24) is 14.3 Å². The highest BCUT2D eigenvalue weighted by Gasteiger charge is 2.26. The Kier molecular flexibility index (Phi) is 9.75. The molecule has 2 N–H and O–H groups in total. The molecule has 0 bridgehead atoms. The molecule has 0 fully saturated rings. The van der Waals surface area contributed by atoms with E-state index in [1.54, 1.807) is 30.3 Å². The van der Waals surface area contributed by atoms with Gasteiger partial charge in [-0.3, -0.25) is 4.79 Å². The lowest BCUT2D eigenvalue weighted by Crippen LogP contribution is -2.31. The molecule has 0 atom stereocenters. The zero-order valence-electron chi connectivity index (χ0n) is 19.9. The van der Waals surface area contributed by atoms with Crippen molar-refractivity contribution in [2.24, 2.45) is 0 Å². The molecule has 2 aromatic heterocycles. The summed E-state index contributed by atoms with van der Waals surface area (Å²) in [6, 6.07) is 17.9. The lowest BCUT2D eigenvalue weighted by Gasteiger charge is -2.22. The molecule has 3 aromatic rings. The summed E-state index contributed by atoms with van der Waals surface area (Å²) in [4.78, 5) is 19.3. The van der Waals surface area contributed by atoms with Gasteiger partial charge in [0.15, 0.2) is 5.03 Å². The average molecular weight is 497 g/mol. The molecular formula is C26H32N4O4S. The average Bonchev–Trinajstić information content (AvgIpc) is 2.86. The van der Waals surface area contributed by atoms with Crippen molar-refractivity contribution in [3.05, 3.63) is 83.7 Å². The van der Waals surface area contributed by atoms with Gasteiger partial charge in [-0.1, -0.05) is 62.6 Å². The molecule has 186 valence electrons. The molecular weight excluding hydrogens is 464 g/mol. The Morgan fingerprint density at radius 2 is 1.77 bits per heavy atom. The number of anilines is 1. The van der Waals surface area contributed by atoms with Crippen LogP contribution in [-0.4, -0.2) is 40.3 Å². The van der Waals surface area contributed by atoms with Gasteiger partial charge in [0.2, 0.25) is 0 Å². The second-order valence-corrected chi connectivity index (χ2v) is 10.2. The molecule has 0 aliphatic carbocycles. The minimum atomic E-state index is -3.91. The van der Waals surface area contributed by atoms with E-state index in [1.165, 1.54) is 41.4 Å². The Morgan fingerprint density at radius 1 is 0.971 bits per heavy atom. The number of hydrogen-bond acceptors (Lipinski definition) is 6. The van der Waals surface area contributed by atoms with E-state index in [9.17, 15) is 13.2 Å². The van der Waals surface area contributed by atoms with Crippen molar-refractivity contribution in [2.75, 3.05) is 11.9 Å². The number of sulfonamides is 1. The molecule has 8 nitrogen and oxygen atoms in total. The van der Waals surface area contributed by atoms with Crippen LogP contribution in [0.2, 0.25) is 0 Å². The number of aryl methyl sites for hydroxylation is 1. The van der Waals surface area contributed by atoms with Gasteiger partial charge in [0.1, 0.15) is 12.4 Å². The van der Waals surface area contributed by atoms with Crippen LogP contribution in [0, 0.1) is 0 Å². The van der Waals surface area contributed by atoms with Gasteiger partial charge in [0, 0.05) is 12.7 Å². The van der Waals surface area contributed by atoms with Crippen LogP contribution in [0.25, 0.3) is 0 Å². The number of nitrogens with zero attached hydrogens (tertiary/aromatic N) is 3.